The predicted octanol–water partition coefficient (Wildman–Crippen LogP) is 2.57. The van der Waals surface area contributed by atoms with E-state index in [1.165, 1.54) is 0 Å². The van der Waals surface area contributed by atoms with Crippen LogP contribution >= 0.6 is 0 Å². The van der Waals surface area contributed by atoms with Crippen molar-refractivity contribution in [3.05, 3.63) is 11.5 Å². The molecule has 0 heterocycles. The Labute approximate surface area is 141 Å². The minimum Gasteiger partial charge on any atom is -0.677 e. The van der Waals surface area contributed by atoms with Crippen molar-refractivity contribution in [2.45, 2.75) is 32.1 Å². The maximum Gasteiger partial charge on any atom is 0.0487 e. The second kappa shape index (κ2) is 15.6. The van der Waals surface area contributed by atoms with Gasteiger partial charge in [0.05, 0.1) is 0 Å². The van der Waals surface area contributed by atoms with Crippen molar-refractivity contribution in [3.8, 4) is 0 Å². The Balaban J connectivity index is -0.000000405. The summed E-state index contributed by atoms with van der Waals surface area (Å²) in [7, 11) is 0. The van der Waals surface area contributed by atoms with Crippen LogP contribution in [0.4, 0.5) is 0 Å². The maximum atomic E-state index is 10.1. The van der Waals surface area contributed by atoms with Crippen LogP contribution in [0.25, 0.3) is 11.5 Å². The summed E-state index contributed by atoms with van der Waals surface area (Å²) in [6.07, 6.45) is 4.15. The van der Waals surface area contributed by atoms with E-state index < -0.39 is 5.91 Å². The molecule has 0 aromatic rings. The van der Waals surface area contributed by atoms with E-state index in [0.29, 0.717) is 13.0 Å². The summed E-state index contributed by atoms with van der Waals surface area (Å²) >= 11 is 0. The molecule has 2 radical (unpaired) electrons. The third-order valence-corrected chi connectivity index (χ3v) is 1.33. The first-order valence-electron chi connectivity index (χ1n) is 3.66. The standard InChI is InChI=1S/C7H15N2O.2Pr/c8-6-4-2-1-3-5-7(9)10;;/h8H,1-6H2,(H2,9,10);;/q-1;;/p-1. The molecule has 0 atom stereocenters. The molecule has 0 spiro atoms. The summed E-state index contributed by atoms with van der Waals surface area (Å²) in [5.41, 5.74) is 13.4. The molecule has 2 N–H and O–H groups in total. The zero-order valence-electron chi connectivity index (χ0n) is 7.31. The van der Waals surface area contributed by atoms with Crippen LogP contribution in [0.3, 0.4) is 0 Å². The van der Waals surface area contributed by atoms with Crippen LogP contribution in [0.1, 0.15) is 32.1 Å². The third-order valence-electron chi connectivity index (χ3n) is 1.33. The van der Waals surface area contributed by atoms with Gasteiger partial charge in [-0.3, -0.25) is 0 Å². The van der Waals surface area contributed by atoms with E-state index in [-0.39, 0.29) is 82.6 Å². The number of nitrogens with one attached hydrogen (secondary N) is 2. The van der Waals surface area contributed by atoms with Gasteiger partial charge in [0.1, 0.15) is 0 Å². The van der Waals surface area contributed by atoms with Gasteiger partial charge in [0.15, 0.2) is 0 Å². The number of hydrogen-bond acceptors (Lipinski definition) is 1. The Morgan fingerprint density at radius 2 is 1.50 bits per heavy atom. The van der Waals surface area contributed by atoms with Crippen molar-refractivity contribution in [3.63, 3.8) is 0 Å². The fourth-order valence-electron chi connectivity index (χ4n) is 0.764. The van der Waals surface area contributed by atoms with Crippen LogP contribution in [-0.2, 0) is 4.79 Å². The van der Waals surface area contributed by atoms with Gasteiger partial charge in [0.2, 0.25) is 0 Å². The van der Waals surface area contributed by atoms with E-state index in [2.05, 4.69) is 0 Å². The molecule has 3 nitrogen and oxygen atoms in total. The van der Waals surface area contributed by atoms with Crippen molar-refractivity contribution in [2.75, 3.05) is 6.54 Å². The molecule has 0 aromatic carbocycles. The minimum atomic E-state index is -0.467. The van der Waals surface area contributed by atoms with Crippen molar-refractivity contribution >= 4 is 5.91 Å². The Kier molecular flexibility index (Phi) is 25.6. The fourth-order valence-corrected chi connectivity index (χ4v) is 0.764. The second-order valence-electron chi connectivity index (χ2n) is 2.34. The van der Waals surface area contributed by atoms with Gasteiger partial charge >= 0.3 is 0 Å². The van der Waals surface area contributed by atoms with Gasteiger partial charge in [-0.05, 0) is 12.8 Å². The molecular weight excluding hydrogens is 410 g/mol. The molecule has 1 amide bonds. The van der Waals surface area contributed by atoms with Gasteiger partial charge in [-0.2, -0.15) is 6.54 Å². The van der Waals surface area contributed by atoms with Crippen molar-refractivity contribution in [1.29, 1.82) is 0 Å². The van der Waals surface area contributed by atoms with Crippen LogP contribution in [0.5, 0.6) is 0 Å². The molecule has 66 valence electrons. The monoisotopic (exact) mass is 424 g/mol. The molecule has 0 rings (SSSR count). The summed E-state index contributed by atoms with van der Waals surface area (Å²) < 4.78 is 0. The smallest absolute Gasteiger partial charge is 0.0487 e. The van der Waals surface area contributed by atoms with E-state index in [1.54, 1.807) is 0 Å². The molecule has 0 aliphatic rings. The number of carbonyl (C=O) groups excluding carboxylic acids is 1. The van der Waals surface area contributed by atoms with E-state index in [1.807, 2.05) is 0 Å². The largest absolute Gasteiger partial charge is 0.677 e. The van der Waals surface area contributed by atoms with E-state index in [4.69, 9.17) is 11.5 Å². The summed E-state index contributed by atoms with van der Waals surface area (Å²) in [6, 6.07) is 0. The van der Waals surface area contributed by atoms with E-state index in [0.717, 1.165) is 25.7 Å². The number of hydrogen-bond donors (Lipinski definition) is 0. The number of rotatable bonds is 6. The average Bonchev–Trinajstić information content (AvgIpc) is 1.87. The van der Waals surface area contributed by atoms with Crippen LogP contribution in [0, 0.1) is 82.6 Å². The zero-order chi connectivity index (χ0) is 7.82. The summed E-state index contributed by atoms with van der Waals surface area (Å²) in [6.45, 7) is 0.481. The molecular formula is C7H14N2OPr2-2. The first kappa shape index (κ1) is 19.7. The van der Waals surface area contributed by atoms with Crippen molar-refractivity contribution in [1.82, 2.24) is 0 Å². The molecule has 0 aliphatic carbocycles. The molecule has 0 aromatic heterocycles. The minimum absolute atomic E-state index is 0. The molecule has 0 saturated heterocycles. The maximum absolute atomic E-state index is 10.1. The van der Waals surface area contributed by atoms with Gasteiger partial charge in [-0.25, -0.2) is 0 Å². The van der Waals surface area contributed by atoms with Crippen LogP contribution in [-0.4, -0.2) is 12.5 Å². The van der Waals surface area contributed by atoms with Gasteiger partial charge < -0.3 is 16.3 Å². The predicted molar refractivity (Wildman–Crippen MR) is 41.6 cm³/mol. The number of unbranched alkanes of at least 4 members (excludes halogenated alkanes) is 3. The Bertz CT molecular complexity index is 101. The van der Waals surface area contributed by atoms with Crippen LogP contribution in [0.2, 0.25) is 0 Å². The fraction of sp³-hybridized carbons (Fsp3) is 0.857. The Morgan fingerprint density at radius 1 is 1.00 bits per heavy atom. The van der Waals surface area contributed by atoms with Crippen molar-refractivity contribution < 1.29 is 87.4 Å². The Hall–Kier alpha value is 2.16. The molecule has 0 unspecified atom stereocenters. The first-order chi connectivity index (χ1) is 4.77. The van der Waals surface area contributed by atoms with Crippen LogP contribution < -0.4 is 0 Å². The SMILES string of the molecule is [NH-]CCCCCCC([NH-])=O.[Pr].[Pr]. The van der Waals surface area contributed by atoms with Crippen molar-refractivity contribution in [2.24, 2.45) is 0 Å². The molecule has 0 fully saturated rings. The van der Waals surface area contributed by atoms with Crippen LogP contribution in [0.15, 0.2) is 0 Å². The molecule has 12 heavy (non-hydrogen) atoms. The van der Waals surface area contributed by atoms with E-state index >= 15 is 0 Å². The molecule has 0 aliphatic heterocycles. The quantitative estimate of drug-likeness (QED) is 0.605. The topological polar surface area (TPSA) is 64.7 Å². The number of carbonyl (C=O) groups is 1. The first-order valence-corrected chi connectivity index (χ1v) is 3.66. The van der Waals surface area contributed by atoms with E-state index in [9.17, 15) is 4.79 Å². The summed E-state index contributed by atoms with van der Waals surface area (Å²) in [5, 5.41) is 0. The van der Waals surface area contributed by atoms with Gasteiger partial charge in [0.25, 0.3) is 0 Å². The normalized spacial score (nSPS) is 8.08. The van der Waals surface area contributed by atoms with Gasteiger partial charge in [0, 0.05) is 88.5 Å². The second-order valence-corrected chi connectivity index (χ2v) is 2.34. The molecule has 0 bridgehead atoms. The molecule has 5 heteroatoms. The third kappa shape index (κ3) is 18.0. The average molecular weight is 424 g/mol. The Morgan fingerprint density at radius 3 is 1.92 bits per heavy atom. The molecule has 0 saturated carbocycles. The van der Waals surface area contributed by atoms with Gasteiger partial charge in [-0.1, -0.05) is 19.3 Å². The number of amides is 1. The summed E-state index contributed by atoms with van der Waals surface area (Å²) in [4.78, 5) is 10.1. The zero-order valence-corrected chi connectivity index (χ0v) is 14.7. The summed E-state index contributed by atoms with van der Waals surface area (Å²) in [5.74, 6) is -0.467. The van der Waals surface area contributed by atoms with Gasteiger partial charge in [-0.15, -0.1) is 0 Å².